The van der Waals surface area contributed by atoms with Crippen molar-refractivity contribution in [3.8, 4) is 11.3 Å². The van der Waals surface area contributed by atoms with Crippen LogP contribution in [0.5, 0.6) is 0 Å². The molecule has 0 bridgehead atoms. The Morgan fingerprint density at radius 3 is 2.94 bits per heavy atom. The summed E-state index contributed by atoms with van der Waals surface area (Å²) in [6.07, 6.45) is 1.85. The molecule has 0 amide bonds. The van der Waals surface area contributed by atoms with Crippen molar-refractivity contribution in [2.75, 3.05) is 0 Å². The highest BCUT2D eigenvalue weighted by molar-refractivity contribution is 9.10. The van der Waals surface area contributed by atoms with Gasteiger partial charge in [-0.05, 0) is 28.1 Å². The molecule has 3 N–H and O–H groups in total. The molecule has 0 spiro atoms. The monoisotopic (exact) mass is 305 g/mol. The number of hydrogen-bond donors (Lipinski definition) is 3. The minimum Gasteiger partial charge on any atom is -0.477 e. The van der Waals surface area contributed by atoms with Gasteiger partial charge in [-0.1, -0.05) is 12.1 Å². The molecule has 2 heterocycles. The van der Waals surface area contributed by atoms with E-state index in [1.807, 2.05) is 24.4 Å². The highest BCUT2D eigenvalue weighted by Crippen LogP contribution is 2.32. The number of benzene rings is 1. The zero-order chi connectivity index (χ0) is 12.7. The van der Waals surface area contributed by atoms with Crippen LogP contribution in [-0.2, 0) is 0 Å². The van der Waals surface area contributed by atoms with Crippen LogP contribution in [0.4, 0.5) is 0 Å². The topological polar surface area (TPSA) is 81.8 Å². The van der Waals surface area contributed by atoms with E-state index in [0.29, 0.717) is 5.69 Å². The van der Waals surface area contributed by atoms with Crippen molar-refractivity contribution < 1.29 is 9.90 Å². The summed E-state index contributed by atoms with van der Waals surface area (Å²) >= 11 is 3.47. The Morgan fingerprint density at radius 2 is 2.22 bits per heavy atom. The third-order valence-electron chi connectivity index (χ3n) is 2.74. The number of fused-ring (bicyclic) bond motifs is 1. The number of halogens is 1. The molecule has 3 aromatic rings. The van der Waals surface area contributed by atoms with Gasteiger partial charge >= 0.3 is 5.97 Å². The fourth-order valence-electron chi connectivity index (χ4n) is 1.93. The lowest BCUT2D eigenvalue weighted by Gasteiger charge is -1.99. The molecule has 0 saturated carbocycles. The summed E-state index contributed by atoms with van der Waals surface area (Å²) in [6, 6.07) is 7.28. The summed E-state index contributed by atoms with van der Waals surface area (Å²) in [5, 5.41) is 16.4. The molecule has 0 saturated heterocycles. The number of rotatable bonds is 2. The number of aromatic amines is 2. The molecule has 1 aromatic carbocycles. The molecule has 0 aliphatic carbocycles. The van der Waals surface area contributed by atoms with Crippen molar-refractivity contribution in [2.24, 2.45) is 0 Å². The van der Waals surface area contributed by atoms with Gasteiger partial charge in [-0.2, -0.15) is 5.10 Å². The van der Waals surface area contributed by atoms with Gasteiger partial charge in [0.05, 0.1) is 5.69 Å². The smallest absolute Gasteiger partial charge is 0.353 e. The van der Waals surface area contributed by atoms with Crippen LogP contribution >= 0.6 is 15.9 Å². The Hall–Kier alpha value is -2.08. The van der Waals surface area contributed by atoms with Crippen molar-refractivity contribution in [1.82, 2.24) is 15.2 Å². The van der Waals surface area contributed by atoms with Crippen LogP contribution in [0.15, 0.2) is 34.9 Å². The maximum atomic E-state index is 10.8. The molecule has 0 fully saturated rings. The van der Waals surface area contributed by atoms with E-state index in [-0.39, 0.29) is 5.69 Å². The van der Waals surface area contributed by atoms with Crippen LogP contribution in [-0.4, -0.2) is 26.3 Å². The first-order valence-corrected chi connectivity index (χ1v) is 6.01. The van der Waals surface area contributed by atoms with Crippen LogP contribution in [0.3, 0.4) is 0 Å². The van der Waals surface area contributed by atoms with E-state index >= 15 is 0 Å². The van der Waals surface area contributed by atoms with Gasteiger partial charge in [0.15, 0.2) is 0 Å². The molecule has 18 heavy (non-hydrogen) atoms. The third-order valence-corrected chi connectivity index (χ3v) is 3.37. The van der Waals surface area contributed by atoms with Crippen molar-refractivity contribution in [3.05, 3.63) is 40.6 Å². The largest absolute Gasteiger partial charge is 0.477 e. The summed E-state index contributed by atoms with van der Waals surface area (Å²) in [6.45, 7) is 0. The van der Waals surface area contributed by atoms with Gasteiger partial charge in [0.2, 0.25) is 0 Å². The Balaban J connectivity index is 2.24. The molecule has 0 unspecified atom stereocenters. The molecule has 90 valence electrons. The first-order chi connectivity index (χ1) is 8.66. The van der Waals surface area contributed by atoms with Gasteiger partial charge in [0.1, 0.15) is 5.69 Å². The van der Waals surface area contributed by atoms with Crippen LogP contribution in [0, 0.1) is 0 Å². The molecule has 0 radical (unpaired) electrons. The highest BCUT2D eigenvalue weighted by atomic mass is 79.9. The second-order valence-electron chi connectivity index (χ2n) is 3.84. The SMILES string of the molecule is O=C(O)c1cc(-c2cccc3[nH]cc(Br)c23)n[nH]1. The first kappa shape index (κ1) is 11.0. The molecule has 3 rings (SSSR count). The molecular formula is C12H8BrN3O2. The number of carboxylic acids is 1. The average molecular weight is 306 g/mol. The summed E-state index contributed by atoms with van der Waals surface area (Å²) in [7, 11) is 0. The minimum atomic E-state index is -1.02. The molecule has 2 aromatic heterocycles. The van der Waals surface area contributed by atoms with Gasteiger partial charge in [-0.25, -0.2) is 4.79 Å². The highest BCUT2D eigenvalue weighted by Gasteiger charge is 2.13. The molecule has 5 nitrogen and oxygen atoms in total. The molecular weight excluding hydrogens is 298 g/mol. The predicted octanol–water partition coefficient (Wildman–Crippen LogP) is 3.02. The number of carbonyl (C=O) groups is 1. The lowest BCUT2D eigenvalue weighted by Crippen LogP contribution is -1.95. The van der Waals surface area contributed by atoms with Crippen molar-refractivity contribution >= 4 is 32.8 Å². The number of nitrogens with one attached hydrogen (secondary N) is 2. The van der Waals surface area contributed by atoms with Crippen LogP contribution < -0.4 is 0 Å². The molecule has 6 heteroatoms. The number of carboxylic acid groups (broad SMARTS) is 1. The summed E-state index contributed by atoms with van der Waals surface area (Å²) in [5.41, 5.74) is 2.54. The lowest BCUT2D eigenvalue weighted by atomic mass is 10.1. The minimum absolute atomic E-state index is 0.0775. The fraction of sp³-hybridized carbons (Fsp3) is 0. The van der Waals surface area contributed by atoms with Crippen LogP contribution in [0.25, 0.3) is 22.2 Å². The van der Waals surface area contributed by atoms with Gasteiger partial charge in [0, 0.05) is 27.1 Å². The maximum Gasteiger partial charge on any atom is 0.353 e. The standard InChI is InChI=1S/C12H8BrN3O2/c13-7-5-14-8-3-1-2-6(11(7)8)9-4-10(12(17)18)16-15-9/h1-5,14H,(H,15,16)(H,17,18). The number of H-pyrrole nitrogens is 2. The average Bonchev–Trinajstić information content (AvgIpc) is 2.96. The molecule has 0 aliphatic rings. The van der Waals surface area contributed by atoms with E-state index in [9.17, 15) is 4.79 Å². The normalized spacial score (nSPS) is 10.9. The van der Waals surface area contributed by atoms with Gasteiger partial charge in [-0.15, -0.1) is 0 Å². The van der Waals surface area contributed by atoms with Crippen molar-refractivity contribution in [2.45, 2.75) is 0 Å². The molecule has 0 atom stereocenters. The second kappa shape index (κ2) is 3.99. The summed E-state index contributed by atoms with van der Waals surface area (Å²) in [4.78, 5) is 14.0. The predicted molar refractivity (Wildman–Crippen MR) is 70.5 cm³/mol. The molecule has 0 aliphatic heterocycles. The van der Waals surface area contributed by atoms with Gasteiger partial charge in [-0.3, -0.25) is 5.10 Å². The Morgan fingerprint density at radius 1 is 1.39 bits per heavy atom. The number of aromatic nitrogens is 3. The Labute approximate surface area is 110 Å². The third kappa shape index (κ3) is 1.62. The summed E-state index contributed by atoms with van der Waals surface area (Å²) in [5.74, 6) is -1.02. The number of aromatic carboxylic acids is 1. The second-order valence-corrected chi connectivity index (χ2v) is 4.69. The first-order valence-electron chi connectivity index (χ1n) is 5.21. The quantitative estimate of drug-likeness (QED) is 0.680. The van der Waals surface area contributed by atoms with E-state index in [1.165, 1.54) is 6.07 Å². The van der Waals surface area contributed by atoms with Crippen LogP contribution in [0.1, 0.15) is 10.5 Å². The van der Waals surface area contributed by atoms with E-state index in [2.05, 4.69) is 31.1 Å². The zero-order valence-corrected chi connectivity index (χ0v) is 10.7. The lowest BCUT2D eigenvalue weighted by molar-refractivity contribution is 0.0690. The summed E-state index contributed by atoms with van der Waals surface area (Å²) < 4.78 is 0.924. The van der Waals surface area contributed by atoms with E-state index < -0.39 is 5.97 Å². The maximum absolute atomic E-state index is 10.8. The van der Waals surface area contributed by atoms with Gasteiger partial charge < -0.3 is 10.1 Å². The number of nitrogens with zero attached hydrogens (tertiary/aromatic N) is 1. The number of hydrogen-bond acceptors (Lipinski definition) is 2. The van der Waals surface area contributed by atoms with Crippen LogP contribution in [0.2, 0.25) is 0 Å². The van der Waals surface area contributed by atoms with E-state index in [1.54, 1.807) is 0 Å². The Kier molecular flexibility index (Phi) is 2.45. The Bertz CT molecular complexity index is 745. The fourth-order valence-corrected chi connectivity index (χ4v) is 2.47. The van der Waals surface area contributed by atoms with Crippen molar-refractivity contribution in [1.29, 1.82) is 0 Å². The zero-order valence-electron chi connectivity index (χ0n) is 9.07. The van der Waals surface area contributed by atoms with E-state index in [0.717, 1.165) is 20.9 Å². The van der Waals surface area contributed by atoms with E-state index in [4.69, 9.17) is 5.11 Å². The van der Waals surface area contributed by atoms with Crippen molar-refractivity contribution in [3.63, 3.8) is 0 Å². The van der Waals surface area contributed by atoms with Gasteiger partial charge in [0.25, 0.3) is 0 Å².